The van der Waals surface area contributed by atoms with Gasteiger partial charge in [-0.05, 0) is 36.4 Å². The van der Waals surface area contributed by atoms with Crippen LogP contribution in [0, 0.1) is 5.21 Å². The van der Waals surface area contributed by atoms with E-state index < -0.39 is 0 Å². The first-order valence-corrected chi connectivity index (χ1v) is 7.36. The van der Waals surface area contributed by atoms with E-state index in [9.17, 15) is 10.0 Å². The number of rotatable bonds is 1. The number of nitrogens with zero attached hydrogens (tertiary/aromatic N) is 2. The molecule has 6 heteroatoms. The van der Waals surface area contributed by atoms with Crippen LogP contribution in [0.5, 0.6) is 0 Å². The summed E-state index contributed by atoms with van der Waals surface area (Å²) >= 11 is 1.69. The first-order chi connectivity index (χ1) is 9.65. The summed E-state index contributed by atoms with van der Waals surface area (Å²) in [4.78, 5) is 15.4. The van der Waals surface area contributed by atoms with E-state index in [0.29, 0.717) is 17.0 Å². The zero-order chi connectivity index (χ0) is 14.1. The molecule has 3 heterocycles. The normalized spacial score (nSPS) is 17.6. The van der Waals surface area contributed by atoms with Crippen molar-refractivity contribution in [2.24, 2.45) is 0 Å². The molecule has 20 heavy (non-hydrogen) atoms. The van der Waals surface area contributed by atoms with Gasteiger partial charge >= 0.3 is 6.03 Å². The largest absolute Gasteiger partial charge is 0.619 e. The van der Waals surface area contributed by atoms with Crippen molar-refractivity contribution in [2.45, 2.75) is 19.4 Å². The third kappa shape index (κ3) is 2.34. The van der Waals surface area contributed by atoms with Gasteiger partial charge in [0.1, 0.15) is 5.69 Å². The molecule has 0 aliphatic carbocycles. The minimum Gasteiger partial charge on any atom is -0.619 e. The molecule has 0 saturated carbocycles. The average molecular weight is 289 g/mol. The van der Waals surface area contributed by atoms with E-state index >= 15 is 0 Å². The molecule has 2 amide bonds. The third-order valence-corrected chi connectivity index (χ3v) is 4.67. The molecule has 1 unspecified atom stereocenters. The van der Waals surface area contributed by atoms with Crippen molar-refractivity contribution >= 4 is 23.1 Å². The van der Waals surface area contributed by atoms with Gasteiger partial charge in [-0.15, -0.1) is 11.3 Å². The number of urea groups is 1. The van der Waals surface area contributed by atoms with Crippen molar-refractivity contribution in [3.05, 3.63) is 51.6 Å². The summed E-state index contributed by atoms with van der Waals surface area (Å²) in [5.74, 6) is 0. The zero-order valence-electron chi connectivity index (χ0n) is 11.1. The number of anilines is 1. The van der Waals surface area contributed by atoms with Gasteiger partial charge < -0.3 is 15.4 Å². The second kappa shape index (κ2) is 5.13. The van der Waals surface area contributed by atoms with Crippen molar-refractivity contribution in [1.82, 2.24) is 4.90 Å². The number of aromatic nitrogens is 1. The number of carbonyl (C=O) groups is 1. The molecular weight excluding hydrogens is 274 g/mol. The Balaban J connectivity index is 1.75. The Labute approximate surface area is 121 Å². The molecule has 0 aromatic carbocycles. The predicted octanol–water partition coefficient (Wildman–Crippen LogP) is 2.53. The second-order valence-electron chi connectivity index (χ2n) is 4.81. The van der Waals surface area contributed by atoms with Crippen LogP contribution in [0.1, 0.15) is 23.4 Å². The quantitative estimate of drug-likeness (QED) is 0.648. The molecule has 1 atom stereocenters. The van der Waals surface area contributed by atoms with Crippen LogP contribution in [0.15, 0.2) is 36.0 Å². The standard InChI is InChI=1S/C14H15N3O2S/c1-10-13-11(5-8-20-13)4-7-17(10)14(18)15-12-3-2-6-16(19)9-12/h2-3,5-6,8-10H,4,7H2,1H3,(H,15,18). The third-order valence-electron chi connectivity index (χ3n) is 3.54. The lowest BCUT2D eigenvalue weighted by molar-refractivity contribution is -0.604. The smallest absolute Gasteiger partial charge is 0.322 e. The number of fused-ring (bicyclic) bond motifs is 1. The minimum atomic E-state index is -0.164. The van der Waals surface area contributed by atoms with Crippen LogP contribution in [-0.4, -0.2) is 17.5 Å². The fourth-order valence-electron chi connectivity index (χ4n) is 2.50. The summed E-state index contributed by atoms with van der Waals surface area (Å²) in [7, 11) is 0. The Morgan fingerprint density at radius 2 is 2.40 bits per heavy atom. The number of thiophene rings is 1. The van der Waals surface area contributed by atoms with Gasteiger partial charge in [0.25, 0.3) is 0 Å². The summed E-state index contributed by atoms with van der Waals surface area (Å²) in [6.07, 6.45) is 3.62. The average Bonchev–Trinajstić information content (AvgIpc) is 2.88. The highest BCUT2D eigenvalue weighted by Gasteiger charge is 2.28. The Kier molecular flexibility index (Phi) is 3.31. The minimum absolute atomic E-state index is 0.0711. The number of hydrogen-bond donors (Lipinski definition) is 1. The second-order valence-corrected chi connectivity index (χ2v) is 5.76. The van der Waals surface area contributed by atoms with Gasteiger partial charge in [0.2, 0.25) is 6.20 Å². The molecule has 0 saturated heterocycles. The van der Waals surface area contributed by atoms with Gasteiger partial charge in [-0.25, -0.2) is 4.79 Å². The van der Waals surface area contributed by atoms with Crippen LogP contribution in [0.25, 0.3) is 0 Å². The summed E-state index contributed by atoms with van der Waals surface area (Å²) in [5.41, 5.74) is 1.85. The Hall–Kier alpha value is -2.08. The molecular formula is C14H15N3O2S. The van der Waals surface area contributed by atoms with Crippen LogP contribution >= 0.6 is 11.3 Å². The van der Waals surface area contributed by atoms with E-state index in [1.807, 2.05) is 6.92 Å². The Morgan fingerprint density at radius 1 is 1.55 bits per heavy atom. The zero-order valence-corrected chi connectivity index (χ0v) is 11.9. The predicted molar refractivity (Wildman–Crippen MR) is 77.6 cm³/mol. The van der Waals surface area contributed by atoms with Gasteiger partial charge in [-0.3, -0.25) is 0 Å². The van der Waals surface area contributed by atoms with Crippen LogP contribution in [0.2, 0.25) is 0 Å². The van der Waals surface area contributed by atoms with Gasteiger partial charge in [-0.2, -0.15) is 4.73 Å². The lowest BCUT2D eigenvalue weighted by Crippen LogP contribution is -2.41. The molecule has 1 aliphatic rings. The van der Waals surface area contributed by atoms with Crippen LogP contribution < -0.4 is 10.0 Å². The molecule has 104 valence electrons. The fraction of sp³-hybridized carbons (Fsp3) is 0.286. The maximum Gasteiger partial charge on any atom is 0.322 e. The fourth-order valence-corrected chi connectivity index (χ4v) is 3.52. The van der Waals surface area contributed by atoms with Gasteiger partial charge in [0.15, 0.2) is 6.20 Å². The molecule has 1 aliphatic heterocycles. The van der Waals surface area contributed by atoms with Crippen LogP contribution in [-0.2, 0) is 6.42 Å². The molecule has 2 aromatic heterocycles. The van der Waals surface area contributed by atoms with Gasteiger partial charge in [0.05, 0.1) is 6.04 Å². The number of pyridine rings is 1. The van der Waals surface area contributed by atoms with Crippen molar-refractivity contribution < 1.29 is 9.52 Å². The van der Waals surface area contributed by atoms with Crippen LogP contribution in [0.3, 0.4) is 0 Å². The lowest BCUT2D eigenvalue weighted by atomic mass is 10.0. The van der Waals surface area contributed by atoms with E-state index in [-0.39, 0.29) is 12.1 Å². The van der Waals surface area contributed by atoms with E-state index in [1.54, 1.807) is 28.4 Å². The molecule has 1 N–H and O–H groups in total. The van der Waals surface area contributed by atoms with E-state index in [2.05, 4.69) is 16.8 Å². The van der Waals surface area contributed by atoms with Gasteiger partial charge in [-0.1, -0.05) is 0 Å². The van der Waals surface area contributed by atoms with Gasteiger partial charge in [0, 0.05) is 17.5 Å². The number of amides is 2. The molecule has 0 fully saturated rings. The number of hydrogen-bond acceptors (Lipinski definition) is 3. The van der Waals surface area contributed by atoms with Crippen molar-refractivity contribution in [3.63, 3.8) is 0 Å². The van der Waals surface area contributed by atoms with E-state index in [1.165, 1.54) is 22.8 Å². The maximum atomic E-state index is 12.3. The van der Waals surface area contributed by atoms with E-state index in [4.69, 9.17) is 0 Å². The summed E-state index contributed by atoms with van der Waals surface area (Å²) in [6, 6.07) is 5.35. The van der Waals surface area contributed by atoms with Crippen molar-refractivity contribution in [2.75, 3.05) is 11.9 Å². The highest BCUT2D eigenvalue weighted by Crippen LogP contribution is 2.33. The number of carbonyl (C=O) groups excluding carboxylic acids is 1. The molecule has 0 radical (unpaired) electrons. The Bertz CT molecular complexity index is 641. The first kappa shape index (κ1) is 12.9. The highest BCUT2D eigenvalue weighted by molar-refractivity contribution is 7.10. The highest BCUT2D eigenvalue weighted by atomic mass is 32.1. The molecule has 0 bridgehead atoms. The summed E-state index contributed by atoms with van der Waals surface area (Å²) in [6.45, 7) is 2.73. The van der Waals surface area contributed by atoms with Crippen molar-refractivity contribution in [1.29, 1.82) is 0 Å². The Morgan fingerprint density at radius 3 is 3.20 bits per heavy atom. The first-order valence-electron chi connectivity index (χ1n) is 6.48. The topological polar surface area (TPSA) is 59.3 Å². The summed E-state index contributed by atoms with van der Waals surface area (Å²) < 4.78 is 0.673. The number of nitrogens with one attached hydrogen (secondary N) is 1. The van der Waals surface area contributed by atoms with E-state index in [0.717, 1.165) is 6.42 Å². The maximum absolute atomic E-state index is 12.3. The molecule has 3 rings (SSSR count). The molecule has 5 nitrogen and oxygen atoms in total. The lowest BCUT2D eigenvalue weighted by Gasteiger charge is -2.33. The monoisotopic (exact) mass is 289 g/mol. The molecule has 2 aromatic rings. The SMILES string of the molecule is CC1c2sccc2CCN1C(=O)Nc1ccc[n+]([O-])c1. The van der Waals surface area contributed by atoms with Crippen LogP contribution in [0.4, 0.5) is 10.5 Å². The molecule has 0 spiro atoms. The summed E-state index contributed by atoms with van der Waals surface area (Å²) in [5, 5.41) is 16.0. The van der Waals surface area contributed by atoms with Crippen molar-refractivity contribution in [3.8, 4) is 0 Å².